The predicted molar refractivity (Wildman–Crippen MR) is 213 cm³/mol. The topological polar surface area (TPSA) is 443 Å². The number of carbonyl (C=O) groups excluding carboxylic acids is 7. The zero-order valence-corrected chi connectivity index (χ0v) is 33.5. The summed E-state index contributed by atoms with van der Waals surface area (Å²) in [6.45, 7) is 1.04. The lowest BCUT2D eigenvalue weighted by molar-refractivity contribution is -0.147. The zero-order chi connectivity index (χ0) is 46.2. The number of nitrogens with one attached hydrogen (secondary N) is 11. The molecule has 0 radical (unpaired) electrons. The third-order valence-electron chi connectivity index (χ3n) is 8.25. The van der Waals surface area contributed by atoms with Crippen LogP contribution in [-0.2, 0) is 49.6 Å². The minimum Gasteiger partial charge on any atom is -0.508 e. The number of aliphatic carboxylic acids is 2. The number of phenolic OH excluding ortho intramolecular Hbond substituents is 1. The maximum Gasteiger partial charge on any atom is 0.326 e. The molecule has 26 heteroatoms. The van der Waals surface area contributed by atoms with Crippen LogP contribution in [0.3, 0.4) is 0 Å². The number of rotatable bonds is 27. The van der Waals surface area contributed by atoms with Crippen LogP contribution >= 0.6 is 0 Å². The Kier molecular flexibility index (Phi) is 22.7. The fraction of sp³-hybridized carbons (Fsp3) is 0.514. The summed E-state index contributed by atoms with van der Waals surface area (Å²) in [5, 5.41) is 73.7. The summed E-state index contributed by atoms with van der Waals surface area (Å²) in [7, 11) is 0. The van der Waals surface area contributed by atoms with Gasteiger partial charge in [0.1, 0.15) is 36.0 Å². The average Bonchev–Trinajstić information content (AvgIpc) is 3.16. The minimum absolute atomic E-state index is 0.0470. The number of carbonyl (C=O) groups is 9. The molecule has 19 N–H and O–H groups in total. The van der Waals surface area contributed by atoms with Crippen molar-refractivity contribution in [2.45, 2.75) is 88.7 Å². The normalized spacial score (nSPS) is 13.5. The first kappa shape index (κ1) is 51.8. The third-order valence-corrected chi connectivity index (χ3v) is 8.25. The van der Waals surface area contributed by atoms with E-state index in [1.165, 1.54) is 31.2 Å². The quantitative estimate of drug-likeness (QED) is 0.0222. The standard InChI is InChI=1S/C35H55N13O13/c1-17(49)28(32(59)47-24(33(60)61)14-27(54)55)48-26(53)16-42-25(52)15-43-29(56)23(13-19-7-9-20(51)10-8-19)46-31(58)22(6-4-12-41-35(38)39)45-30(57)21(44-18(2)50)5-3-11-40-34(36)37/h7-10,17,21-24,28,49,51H,3-6,11-16H2,1-2H3,(H,42,52)(H,43,56)(H,44,50)(H,45,57)(H,46,58)(H,47,59)(H,48,53)(H,54,55)(H,60,61)(H4,36,37,40)(H4,38,39,41)/t17-,21+,22+,23+,24+,28+/m1/s1. The lowest BCUT2D eigenvalue weighted by Crippen LogP contribution is -2.58. The number of aliphatic hydroxyl groups is 1. The molecule has 0 aliphatic heterocycles. The molecule has 0 bridgehead atoms. The molecule has 1 aromatic rings. The van der Waals surface area contributed by atoms with E-state index in [0.717, 1.165) is 6.92 Å². The van der Waals surface area contributed by atoms with Crippen LogP contribution in [0.25, 0.3) is 0 Å². The fourth-order valence-electron chi connectivity index (χ4n) is 5.26. The van der Waals surface area contributed by atoms with Gasteiger partial charge in [0.05, 0.1) is 25.6 Å². The number of benzene rings is 1. The Balaban J connectivity index is 3.13. The number of aromatic hydroxyl groups is 1. The predicted octanol–water partition coefficient (Wildman–Crippen LogP) is -5.92. The van der Waals surface area contributed by atoms with Gasteiger partial charge < -0.3 is 79.7 Å². The van der Waals surface area contributed by atoms with Crippen molar-refractivity contribution in [2.24, 2.45) is 11.5 Å². The van der Waals surface area contributed by atoms with Crippen molar-refractivity contribution in [1.29, 1.82) is 10.8 Å². The van der Waals surface area contributed by atoms with Crippen molar-refractivity contribution in [3.05, 3.63) is 29.8 Å². The number of phenols is 1. The van der Waals surface area contributed by atoms with Gasteiger partial charge in [0.15, 0.2) is 11.9 Å². The molecule has 1 aromatic carbocycles. The molecule has 0 fully saturated rings. The molecule has 26 nitrogen and oxygen atoms in total. The highest BCUT2D eigenvalue weighted by Gasteiger charge is 2.32. The Morgan fingerprint density at radius 1 is 0.639 bits per heavy atom. The van der Waals surface area contributed by atoms with E-state index in [1.54, 1.807) is 0 Å². The maximum atomic E-state index is 13.8. The molecular formula is C35H55N13O13. The molecule has 0 spiro atoms. The van der Waals surface area contributed by atoms with Gasteiger partial charge in [0.2, 0.25) is 41.4 Å². The molecule has 0 saturated carbocycles. The van der Waals surface area contributed by atoms with E-state index in [2.05, 4.69) is 42.5 Å². The fourth-order valence-corrected chi connectivity index (χ4v) is 5.26. The summed E-state index contributed by atoms with van der Waals surface area (Å²) in [5.74, 6) is -10.2. The summed E-state index contributed by atoms with van der Waals surface area (Å²) in [4.78, 5) is 113. The number of carboxylic acids is 2. The van der Waals surface area contributed by atoms with Crippen LogP contribution in [0, 0.1) is 10.8 Å². The number of amides is 7. The summed E-state index contributed by atoms with van der Waals surface area (Å²) < 4.78 is 0. The van der Waals surface area contributed by atoms with Gasteiger partial charge in [-0.05, 0) is 50.3 Å². The van der Waals surface area contributed by atoms with Gasteiger partial charge in [-0.15, -0.1) is 0 Å². The van der Waals surface area contributed by atoms with E-state index >= 15 is 0 Å². The van der Waals surface area contributed by atoms with E-state index in [1.807, 2.05) is 5.32 Å². The monoisotopic (exact) mass is 865 g/mol. The number of aliphatic hydroxyl groups excluding tert-OH is 1. The van der Waals surface area contributed by atoms with E-state index in [4.69, 9.17) is 27.4 Å². The van der Waals surface area contributed by atoms with Crippen LogP contribution in [0.15, 0.2) is 24.3 Å². The van der Waals surface area contributed by atoms with Gasteiger partial charge >= 0.3 is 11.9 Å². The average molecular weight is 866 g/mol. The van der Waals surface area contributed by atoms with Crippen LogP contribution in [0.1, 0.15) is 51.5 Å². The second kappa shape index (κ2) is 26.7. The largest absolute Gasteiger partial charge is 0.508 e. The Morgan fingerprint density at radius 2 is 1.13 bits per heavy atom. The SMILES string of the molecule is CC(=O)N[C@@H](CCCNC(=N)N)C(=O)N[C@@H](CCCNC(=N)N)C(=O)N[C@@H](Cc1ccc(O)cc1)C(=O)NCC(=O)NCC(=O)N[C@H](C(=O)N[C@@H](CC(=O)O)C(=O)O)[C@@H](C)O. The van der Waals surface area contributed by atoms with E-state index in [9.17, 15) is 58.5 Å². The molecule has 0 aromatic heterocycles. The first-order chi connectivity index (χ1) is 28.6. The van der Waals surface area contributed by atoms with Crippen LogP contribution < -0.4 is 59.3 Å². The van der Waals surface area contributed by atoms with E-state index in [-0.39, 0.29) is 62.9 Å². The highest BCUT2D eigenvalue weighted by atomic mass is 16.4. The van der Waals surface area contributed by atoms with Crippen LogP contribution in [0.2, 0.25) is 0 Å². The first-order valence-corrected chi connectivity index (χ1v) is 18.7. The summed E-state index contributed by atoms with van der Waals surface area (Å²) in [6, 6.07) is -1.88. The highest BCUT2D eigenvalue weighted by Crippen LogP contribution is 2.12. The molecule has 61 heavy (non-hydrogen) atoms. The second-order valence-electron chi connectivity index (χ2n) is 13.5. The number of hydrogen-bond donors (Lipinski definition) is 17. The van der Waals surface area contributed by atoms with Crippen molar-refractivity contribution < 1.29 is 63.6 Å². The van der Waals surface area contributed by atoms with Crippen molar-refractivity contribution >= 4 is 65.2 Å². The van der Waals surface area contributed by atoms with Crippen molar-refractivity contribution in [3.63, 3.8) is 0 Å². The number of carboxylic acid groups (broad SMARTS) is 2. The van der Waals surface area contributed by atoms with Gasteiger partial charge in [0, 0.05) is 26.4 Å². The molecule has 0 heterocycles. The lowest BCUT2D eigenvalue weighted by Gasteiger charge is -2.25. The summed E-state index contributed by atoms with van der Waals surface area (Å²) in [5.41, 5.74) is 11.1. The number of nitrogens with two attached hydrogens (primary N) is 2. The molecule has 0 aliphatic carbocycles. The lowest BCUT2D eigenvalue weighted by atomic mass is 10.0. The van der Waals surface area contributed by atoms with Crippen LogP contribution in [-0.4, -0.2) is 148 Å². The highest BCUT2D eigenvalue weighted by molar-refractivity contribution is 5.96. The van der Waals surface area contributed by atoms with Crippen molar-refractivity contribution in [2.75, 3.05) is 26.2 Å². The van der Waals surface area contributed by atoms with Crippen molar-refractivity contribution in [3.8, 4) is 5.75 Å². The molecule has 6 atom stereocenters. The zero-order valence-electron chi connectivity index (χ0n) is 33.5. The smallest absolute Gasteiger partial charge is 0.326 e. The maximum absolute atomic E-state index is 13.8. The van der Waals surface area contributed by atoms with E-state index < -0.39 is 109 Å². The van der Waals surface area contributed by atoms with Gasteiger partial charge in [-0.25, -0.2) is 4.79 Å². The third kappa shape index (κ3) is 21.9. The molecule has 1 rings (SSSR count). The summed E-state index contributed by atoms with van der Waals surface area (Å²) >= 11 is 0. The van der Waals surface area contributed by atoms with Gasteiger partial charge in [-0.2, -0.15) is 0 Å². The Bertz CT molecular complexity index is 1740. The molecular weight excluding hydrogens is 810 g/mol. The van der Waals surface area contributed by atoms with Gasteiger partial charge in [-0.3, -0.25) is 49.2 Å². The molecule has 7 amide bonds. The van der Waals surface area contributed by atoms with E-state index in [0.29, 0.717) is 5.56 Å². The number of hydrogen-bond acceptors (Lipinski definition) is 13. The Hall–Kier alpha value is -7.25. The number of guanidine groups is 2. The molecule has 0 unspecified atom stereocenters. The molecule has 0 saturated heterocycles. The van der Waals surface area contributed by atoms with Gasteiger partial charge in [-0.1, -0.05) is 12.1 Å². The second-order valence-corrected chi connectivity index (χ2v) is 13.5. The van der Waals surface area contributed by atoms with Crippen LogP contribution in [0.5, 0.6) is 5.75 Å². The first-order valence-electron chi connectivity index (χ1n) is 18.7. The summed E-state index contributed by atoms with van der Waals surface area (Å²) in [6.07, 6.45) is -2.27. The molecule has 338 valence electrons. The van der Waals surface area contributed by atoms with Crippen molar-refractivity contribution in [1.82, 2.24) is 47.9 Å². The Morgan fingerprint density at radius 3 is 1.61 bits per heavy atom. The van der Waals surface area contributed by atoms with Gasteiger partial charge in [0.25, 0.3) is 0 Å². The Labute approximate surface area is 349 Å². The van der Waals surface area contributed by atoms with Crippen LogP contribution in [0.4, 0.5) is 0 Å². The minimum atomic E-state index is -1.88. The molecule has 0 aliphatic rings.